The number of aromatic nitrogens is 4. The van der Waals surface area contributed by atoms with Gasteiger partial charge in [0.2, 0.25) is 5.95 Å². The van der Waals surface area contributed by atoms with Crippen LogP contribution < -0.4 is 4.90 Å². The highest BCUT2D eigenvalue weighted by Gasteiger charge is 2.24. The van der Waals surface area contributed by atoms with Crippen molar-refractivity contribution in [3.63, 3.8) is 0 Å². The zero-order chi connectivity index (χ0) is 17.1. The Kier molecular flexibility index (Phi) is 4.99. The molecule has 8 heteroatoms. The summed E-state index contributed by atoms with van der Waals surface area (Å²) < 4.78 is 1.64. The second-order valence-corrected chi connectivity index (χ2v) is 6.66. The molecule has 3 rings (SSSR count). The van der Waals surface area contributed by atoms with Crippen LogP contribution in [0.1, 0.15) is 23.2 Å². The minimum Gasteiger partial charge on any atom is -0.341 e. The van der Waals surface area contributed by atoms with Gasteiger partial charge in [0.1, 0.15) is 0 Å². The molecule has 7 nitrogen and oxygen atoms in total. The summed E-state index contributed by atoms with van der Waals surface area (Å²) in [6.45, 7) is 2.53. The average molecular weight is 349 g/mol. The Labute approximate surface area is 146 Å². The third kappa shape index (κ3) is 3.84. The summed E-state index contributed by atoms with van der Waals surface area (Å²) in [5.41, 5.74) is 0.631. The molecule has 0 spiro atoms. The van der Waals surface area contributed by atoms with Crippen molar-refractivity contribution in [1.29, 1.82) is 0 Å². The first-order valence-electron chi connectivity index (χ1n) is 7.99. The summed E-state index contributed by atoms with van der Waals surface area (Å²) in [6, 6.07) is 0. The van der Waals surface area contributed by atoms with Crippen LogP contribution in [0.25, 0.3) is 0 Å². The number of carbonyl (C=O) groups is 1. The van der Waals surface area contributed by atoms with E-state index in [4.69, 9.17) is 11.6 Å². The molecule has 128 valence electrons. The van der Waals surface area contributed by atoms with Crippen molar-refractivity contribution in [3.05, 3.63) is 35.4 Å². The molecule has 0 N–H and O–H groups in total. The molecule has 0 radical (unpaired) electrons. The number of nitrogens with zero attached hydrogens (tertiary/aromatic N) is 6. The lowest BCUT2D eigenvalue weighted by Gasteiger charge is -2.33. The zero-order valence-electron chi connectivity index (χ0n) is 13.9. The minimum atomic E-state index is 0.0200. The molecule has 1 fully saturated rings. The Bertz CT molecular complexity index is 693. The van der Waals surface area contributed by atoms with Crippen LogP contribution in [0.5, 0.6) is 0 Å². The summed E-state index contributed by atoms with van der Waals surface area (Å²) in [6.07, 6.45) is 8.62. The van der Waals surface area contributed by atoms with E-state index in [1.165, 1.54) is 0 Å². The fourth-order valence-electron chi connectivity index (χ4n) is 3.01. The lowest BCUT2D eigenvalue weighted by Crippen LogP contribution is -2.40. The summed E-state index contributed by atoms with van der Waals surface area (Å²) in [7, 11) is 3.66. The van der Waals surface area contributed by atoms with E-state index in [0.29, 0.717) is 16.5 Å². The first-order chi connectivity index (χ1) is 11.5. The highest BCUT2D eigenvalue weighted by molar-refractivity contribution is 6.30. The van der Waals surface area contributed by atoms with E-state index in [-0.39, 0.29) is 5.91 Å². The molecule has 0 atom stereocenters. The number of piperidine rings is 1. The number of anilines is 1. The van der Waals surface area contributed by atoms with Crippen molar-refractivity contribution >= 4 is 23.5 Å². The summed E-state index contributed by atoms with van der Waals surface area (Å²) in [5.74, 6) is 1.23. The van der Waals surface area contributed by atoms with Gasteiger partial charge in [0, 0.05) is 39.9 Å². The Morgan fingerprint density at radius 1 is 1.29 bits per heavy atom. The Hall–Kier alpha value is -2.15. The molecule has 24 heavy (non-hydrogen) atoms. The number of hydrogen-bond acceptors (Lipinski definition) is 5. The zero-order valence-corrected chi connectivity index (χ0v) is 14.6. The SMILES string of the molecule is CN(CC1CCN(c2ncc(Cl)cn2)CC1)C(=O)c1cnn(C)c1. The molecular formula is C16H21ClN6O. The summed E-state index contributed by atoms with van der Waals surface area (Å²) in [5, 5.41) is 4.60. The van der Waals surface area contributed by atoms with Crippen molar-refractivity contribution in [2.24, 2.45) is 13.0 Å². The molecule has 1 aliphatic heterocycles. The third-order valence-corrected chi connectivity index (χ3v) is 4.53. The van der Waals surface area contributed by atoms with Crippen LogP contribution >= 0.6 is 11.6 Å². The van der Waals surface area contributed by atoms with Gasteiger partial charge in [-0.2, -0.15) is 5.10 Å². The fourth-order valence-corrected chi connectivity index (χ4v) is 3.10. The van der Waals surface area contributed by atoms with Crippen LogP contribution in [-0.2, 0) is 7.05 Å². The van der Waals surface area contributed by atoms with Crippen molar-refractivity contribution in [2.75, 3.05) is 31.6 Å². The minimum absolute atomic E-state index is 0.0200. The molecule has 0 unspecified atom stereocenters. The van der Waals surface area contributed by atoms with Gasteiger partial charge in [-0.25, -0.2) is 9.97 Å². The van der Waals surface area contributed by atoms with Gasteiger partial charge in [-0.3, -0.25) is 9.48 Å². The highest BCUT2D eigenvalue weighted by atomic mass is 35.5. The molecule has 1 amide bonds. The van der Waals surface area contributed by atoms with E-state index in [9.17, 15) is 4.79 Å². The van der Waals surface area contributed by atoms with E-state index >= 15 is 0 Å². The number of carbonyl (C=O) groups excluding carboxylic acids is 1. The molecule has 0 bridgehead atoms. The molecule has 2 aromatic heterocycles. The van der Waals surface area contributed by atoms with E-state index < -0.39 is 0 Å². The molecule has 0 aromatic carbocycles. The summed E-state index contributed by atoms with van der Waals surface area (Å²) >= 11 is 5.83. The molecule has 1 aliphatic rings. The maximum Gasteiger partial charge on any atom is 0.256 e. The van der Waals surface area contributed by atoms with Gasteiger partial charge in [0.25, 0.3) is 5.91 Å². The van der Waals surface area contributed by atoms with Gasteiger partial charge in [-0.05, 0) is 18.8 Å². The maximum absolute atomic E-state index is 12.4. The number of halogens is 1. The van der Waals surface area contributed by atoms with E-state index in [1.54, 1.807) is 34.4 Å². The standard InChI is InChI=1S/C16H21ClN6O/c1-21(15(24)13-7-20-22(2)11-13)10-12-3-5-23(6-4-12)16-18-8-14(17)9-19-16/h7-9,11-12H,3-6,10H2,1-2H3. The van der Waals surface area contributed by atoms with Gasteiger partial charge < -0.3 is 9.80 Å². The fraction of sp³-hybridized carbons (Fsp3) is 0.500. The number of rotatable bonds is 4. The first-order valence-corrected chi connectivity index (χ1v) is 8.37. The van der Waals surface area contributed by atoms with Crippen LogP contribution in [0.15, 0.2) is 24.8 Å². The van der Waals surface area contributed by atoms with Crippen molar-refractivity contribution in [3.8, 4) is 0 Å². The monoisotopic (exact) mass is 348 g/mol. The van der Waals surface area contributed by atoms with Crippen LogP contribution in [0.3, 0.4) is 0 Å². The van der Waals surface area contributed by atoms with Crippen molar-refractivity contribution in [2.45, 2.75) is 12.8 Å². The van der Waals surface area contributed by atoms with Gasteiger partial charge in [-0.1, -0.05) is 11.6 Å². The normalized spacial score (nSPS) is 15.5. The molecule has 2 aromatic rings. The second kappa shape index (κ2) is 7.17. The van der Waals surface area contributed by atoms with E-state index in [2.05, 4.69) is 20.0 Å². The van der Waals surface area contributed by atoms with Crippen LogP contribution in [-0.4, -0.2) is 57.2 Å². The van der Waals surface area contributed by atoms with Gasteiger partial charge >= 0.3 is 0 Å². The van der Waals surface area contributed by atoms with Crippen LogP contribution in [0.2, 0.25) is 5.02 Å². The molecule has 1 saturated heterocycles. The first kappa shape index (κ1) is 16.7. The van der Waals surface area contributed by atoms with Crippen molar-refractivity contribution in [1.82, 2.24) is 24.6 Å². The molecule has 3 heterocycles. The van der Waals surface area contributed by atoms with Crippen molar-refractivity contribution < 1.29 is 4.79 Å². The van der Waals surface area contributed by atoms with Gasteiger partial charge in [0.05, 0.1) is 29.2 Å². The topological polar surface area (TPSA) is 67.2 Å². The van der Waals surface area contributed by atoms with Crippen LogP contribution in [0.4, 0.5) is 5.95 Å². The second-order valence-electron chi connectivity index (χ2n) is 6.22. The Morgan fingerprint density at radius 2 is 1.96 bits per heavy atom. The summed E-state index contributed by atoms with van der Waals surface area (Å²) in [4.78, 5) is 24.9. The van der Waals surface area contributed by atoms with E-state index in [0.717, 1.165) is 38.4 Å². The number of hydrogen-bond donors (Lipinski definition) is 0. The Balaban J connectivity index is 1.51. The predicted octanol–water partition coefficient (Wildman–Crippen LogP) is 1.85. The third-order valence-electron chi connectivity index (χ3n) is 4.33. The Morgan fingerprint density at radius 3 is 2.54 bits per heavy atom. The molecular weight excluding hydrogens is 328 g/mol. The smallest absolute Gasteiger partial charge is 0.256 e. The lowest BCUT2D eigenvalue weighted by molar-refractivity contribution is 0.0764. The highest BCUT2D eigenvalue weighted by Crippen LogP contribution is 2.22. The quantitative estimate of drug-likeness (QED) is 0.843. The average Bonchev–Trinajstić information content (AvgIpc) is 3.02. The number of amides is 1. The lowest BCUT2D eigenvalue weighted by atomic mass is 9.96. The maximum atomic E-state index is 12.4. The molecule has 0 aliphatic carbocycles. The van der Waals surface area contributed by atoms with Gasteiger partial charge in [0.15, 0.2) is 0 Å². The van der Waals surface area contributed by atoms with E-state index in [1.807, 2.05) is 14.1 Å². The largest absolute Gasteiger partial charge is 0.341 e. The van der Waals surface area contributed by atoms with Crippen LogP contribution in [0, 0.1) is 5.92 Å². The molecule has 0 saturated carbocycles. The van der Waals surface area contributed by atoms with Gasteiger partial charge in [-0.15, -0.1) is 0 Å². The number of aryl methyl sites for hydroxylation is 1. The predicted molar refractivity (Wildman–Crippen MR) is 92.1 cm³/mol.